The molecule has 1 saturated carbocycles. The molecule has 1 atom stereocenters. The third-order valence-corrected chi connectivity index (χ3v) is 5.64. The molecule has 0 radical (unpaired) electrons. The van der Waals surface area contributed by atoms with Crippen molar-refractivity contribution in [3.8, 4) is 0 Å². The Balaban J connectivity index is 1.61. The van der Waals surface area contributed by atoms with Crippen molar-refractivity contribution in [3.05, 3.63) is 35.3 Å². The van der Waals surface area contributed by atoms with Crippen molar-refractivity contribution in [2.45, 2.75) is 56.9 Å². The van der Waals surface area contributed by atoms with Gasteiger partial charge in [0, 0.05) is 25.7 Å². The largest absolute Gasteiger partial charge is 0.382 e. The number of hydrogen-bond acceptors (Lipinski definition) is 5. The van der Waals surface area contributed by atoms with Crippen molar-refractivity contribution in [2.75, 3.05) is 12.3 Å². The summed E-state index contributed by atoms with van der Waals surface area (Å²) in [6, 6.07) is 3.60. The maximum atomic E-state index is 13.4. The summed E-state index contributed by atoms with van der Waals surface area (Å²) in [7, 11) is 1.90. The number of nitrogens with two attached hydrogens (primary N) is 1. The van der Waals surface area contributed by atoms with Crippen LogP contribution in [-0.2, 0) is 7.05 Å². The van der Waals surface area contributed by atoms with E-state index in [0.29, 0.717) is 11.7 Å². The molecule has 1 unspecified atom stereocenters. The molecular formula is C19H26N6O. The molecule has 4 rings (SSSR count). The van der Waals surface area contributed by atoms with Crippen LogP contribution in [0.4, 0.5) is 5.82 Å². The Labute approximate surface area is 153 Å². The van der Waals surface area contributed by atoms with E-state index in [-0.39, 0.29) is 11.9 Å². The van der Waals surface area contributed by atoms with Crippen LogP contribution in [0.3, 0.4) is 0 Å². The van der Waals surface area contributed by atoms with Crippen LogP contribution in [-0.4, -0.2) is 37.3 Å². The van der Waals surface area contributed by atoms with E-state index in [0.717, 1.165) is 49.2 Å². The van der Waals surface area contributed by atoms with Crippen LogP contribution in [0.5, 0.6) is 0 Å². The van der Waals surface area contributed by atoms with E-state index >= 15 is 0 Å². The van der Waals surface area contributed by atoms with Gasteiger partial charge in [0.05, 0.1) is 23.0 Å². The quantitative estimate of drug-likeness (QED) is 0.915. The number of amides is 1. The zero-order valence-electron chi connectivity index (χ0n) is 15.3. The number of nitrogens with zero attached hydrogens (tertiary/aromatic N) is 5. The van der Waals surface area contributed by atoms with Gasteiger partial charge in [-0.15, -0.1) is 5.10 Å². The summed E-state index contributed by atoms with van der Waals surface area (Å²) in [6.45, 7) is 0.745. The van der Waals surface area contributed by atoms with Crippen molar-refractivity contribution < 1.29 is 4.79 Å². The molecule has 2 aliphatic rings. The Bertz CT molecular complexity index is 778. The molecule has 2 aromatic heterocycles. The minimum atomic E-state index is -0.0324. The number of carbonyl (C=O) groups excluding carboxylic acids is 1. The summed E-state index contributed by atoms with van der Waals surface area (Å²) < 4.78 is 1.78. The van der Waals surface area contributed by atoms with Gasteiger partial charge in [0.25, 0.3) is 5.91 Å². The van der Waals surface area contributed by atoms with E-state index < -0.39 is 0 Å². The summed E-state index contributed by atoms with van der Waals surface area (Å²) in [6.07, 6.45) is 9.76. The minimum absolute atomic E-state index is 0.0324. The maximum Gasteiger partial charge on any atom is 0.257 e. The molecule has 1 aliphatic carbocycles. The topological polar surface area (TPSA) is 89.9 Å². The van der Waals surface area contributed by atoms with Gasteiger partial charge in [-0.2, -0.15) is 10.2 Å². The summed E-state index contributed by atoms with van der Waals surface area (Å²) in [4.78, 5) is 15.3. The third-order valence-electron chi connectivity index (χ3n) is 5.64. The molecule has 1 aliphatic heterocycles. The van der Waals surface area contributed by atoms with Gasteiger partial charge in [0.1, 0.15) is 5.82 Å². The second-order valence-electron chi connectivity index (χ2n) is 7.48. The average Bonchev–Trinajstić information content (AvgIpc) is 3.29. The van der Waals surface area contributed by atoms with Crippen LogP contribution in [0.1, 0.15) is 78.7 Å². The maximum absolute atomic E-state index is 13.4. The summed E-state index contributed by atoms with van der Waals surface area (Å²) in [5.74, 6) is 0.873. The first-order chi connectivity index (χ1) is 12.6. The molecule has 2 N–H and O–H groups in total. The smallest absolute Gasteiger partial charge is 0.257 e. The van der Waals surface area contributed by atoms with Gasteiger partial charge in [-0.25, -0.2) is 0 Å². The molecule has 2 aromatic rings. The first-order valence-corrected chi connectivity index (χ1v) is 9.57. The summed E-state index contributed by atoms with van der Waals surface area (Å²) >= 11 is 0. The fourth-order valence-corrected chi connectivity index (χ4v) is 4.35. The number of carbonyl (C=O) groups is 1. The van der Waals surface area contributed by atoms with Crippen LogP contribution in [0.15, 0.2) is 18.3 Å². The average molecular weight is 354 g/mol. The second kappa shape index (κ2) is 7.05. The van der Waals surface area contributed by atoms with Crippen molar-refractivity contribution in [3.63, 3.8) is 0 Å². The lowest BCUT2D eigenvalue weighted by Gasteiger charge is -2.25. The van der Waals surface area contributed by atoms with Crippen LogP contribution >= 0.6 is 0 Å². The first kappa shape index (κ1) is 17.0. The van der Waals surface area contributed by atoms with Crippen LogP contribution in [0, 0.1) is 0 Å². The Morgan fingerprint density at radius 2 is 1.92 bits per heavy atom. The van der Waals surface area contributed by atoms with E-state index in [1.807, 2.05) is 24.2 Å². The molecule has 0 bridgehead atoms. The molecule has 0 spiro atoms. The predicted molar refractivity (Wildman–Crippen MR) is 98.5 cm³/mol. The number of rotatable bonds is 3. The number of aromatic nitrogens is 4. The molecule has 7 nitrogen and oxygen atoms in total. The van der Waals surface area contributed by atoms with E-state index in [9.17, 15) is 4.79 Å². The normalized spacial score (nSPS) is 21.3. The van der Waals surface area contributed by atoms with E-state index in [1.165, 1.54) is 19.3 Å². The van der Waals surface area contributed by atoms with Gasteiger partial charge in [0.2, 0.25) is 0 Å². The first-order valence-electron chi connectivity index (χ1n) is 9.57. The van der Waals surface area contributed by atoms with Gasteiger partial charge >= 0.3 is 0 Å². The van der Waals surface area contributed by atoms with E-state index in [2.05, 4.69) is 15.3 Å². The molecule has 0 aromatic carbocycles. The molecular weight excluding hydrogens is 328 g/mol. The zero-order valence-corrected chi connectivity index (χ0v) is 15.3. The Kier molecular flexibility index (Phi) is 4.61. The van der Waals surface area contributed by atoms with Crippen LogP contribution in [0.25, 0.3) is 0 Å². The van der Waals surface area contributed by atoms with Crippen molar-refractivity contribution >= 4 is 11.7 Å². The number of aryl methyl sites for hydroxylation is 1. The molecule has 7 heteroatoms. The predicted octanol–water partition coefficient (Wildman–Crippen LogP) is 2.82. The molecule has 2 fully saturated rings. The lowest BCUT2D eigenvalue weighted by molar-refractivity contribution is 0.0730. The van der Waals surface area contributed by atoms with Gasteiger partial charge in [-0.3, -0.25) is 9.48 Å². The van der Waals surface area contributed by atoms with Crippen molar-refractivity contribution in [1.29, 1.82) is 0 Å². The lowest BCUT2D eigenvalue weighted by atomic mass is 9.85. The third kappa shape index (κ3) is 3.18. The SMILES string of the molecule is Cn1cc(C(=O)N2CCCC2c2ccc(N)nn2)c(C2CCCCC2)n1. The molecule has 3 heterocycles. The number of likely N-dealkylation sites (tertiary alicyclic amines) is 1. The Hall–Kier alpha value is -2.44. The molecule has 1 amide bonds. The fraction of sp³-hybridized carbons (Fsp3) is 0.579. The van der Waals surface area contributed by atoms with Crippen molar-refractivity contribution in [1.82, 2.24) is 24.9 Å². The highest BCUT2D eigenvalue weighted by atomic mass is 16.2. The van der Waals surface area contributed by atoms with Gasteiger partial charge < -0.3 is 10.6 Å². The molecule has 1 saturated heterocycles. The molecule has 138 valence electrons. The number of anilines is 1. The highest BCUT2D eigenvalue weighted by Crippen LogP contribution is 2.36. The molecule has 26 heavy (non-hydrogen) atoms. The summed E-state index contributed by atoms with van der Waals surface area (Å²) in [5.41, 5.74) is 8.20. The van der Waals surface area contributed by atoms with Gasteiger partial charge in [-0.1, -0.05) is 19.3 Å². The highest BCUT2D eigenvalue weighted by Gasteiger charge is 2.35. The monoisotopic (exact) mass is 354 g/mol. The van der Waals surface area contributed by atoms with Crippen LogP contribution < -0.4 is 5.73 Å². The second-order valence-corrected chi connectivity index (χ2v) is 7.48. The van der Waals surface area contributed by atoms with Gasteiger partial charge in [0.15, 0.2) is 0 Å². The Morgan fingerprint density at radius 1 is 1.12 bits per heavy atom. The van der Waals surface area contributed by atoms with Crippen molar-refractivity contribution in [2.24, 2.45) is 7.05 Å². The van der Waals surface area contributed by atoms with E-state index in [1.54, 1.807) is 10.7 Å². The van der Waals surface area contributed by atoms with Crippen LogP contribution in [0.2, 0.25) is 0 Å². The minimum Gasteiger partial charge on any atom is -0.382 e. The number of hydrogen-bond donors (Lipinski definition) is 1. The fourth-order valence-electron chi connectivity index (χ4n) is 4.35. The zero-order chi connectivity index (χ0) is 18.1. The highest BCUT2D eigenvalue weighted by molar-refractivity contribution is 5.95. The Morgan fingerprint density at radius 3 is 2.65 bits per heavy atom. The van der Waals surface area contributed by atoms with Gasteiger partial charge in [-0.05, 0) is 37.8 Å². The van der Waals surface area contributed by atoms with E-state index in [4.69, 9.17) is 5.73 Å². The number of nitrogen functional groups attached to an aromatic ring is 1. The standard InChI is InChI=1S/C19H26N6O/c1-24-12-14(18(23-24)13-6-3-2-4-7-13)19(26)25-11-5-8-16(25)15-9-10-17(20)22-21-15/h9-10,12-13,16H,2-8,11H2,1H3,(H2,20,22). The summed E-state index contributed by atoms with van der Waals surface area (Å²) in [5, 5.41) is 12.8. The lowest BCUT2D eigenvalue weighted by Crippen LogP contribution is -2.32.